The molecular formula is C20H19ClN4OS2. The van der Waals surface area contributed by atoms with Crippen LogP contribution in [0.25, 0.3) is 15.9 Å². The Kier molecular flexibility index (Phi) is 5.85. The van der Waals surface area contributed by atoms with Gasteiger partial charge in [-0.3, -0.25) is 13.9 Å². The second-order valence-corrected chi connectivity index (χ2v) is 8.83. The van der Waals surface area contributed by atoms with Crippen LogP contribution in [0.1, 0.15) is 25.6 Å². The summed E-state index contributed by atoms with van der Waals surface area (Å²) < 4.78 is 4.73. The predicted molar refractivity (Wildman–Crippen MR) is 117 cm³/mol. The number of aromatic nitrogens is 4. The summed E-state index contributed by atoms with van der Waals surface area (Å²) in [4.78, 5) is 12.6. The van der Waals surface area contributed by atoms with Crippen molar-refractivity contribution in [3.8, 4) is 5.69 Å². The molecule has 0 saturated carbocycles. The van der Waals surface area contributed by atoms with Crippen molar-refractivity contribution in [1.82, 2.24) is 19.3 Å². The summed E-state index contributed by atoms with van der Waals surface area (Å²) in [5.41, 5.74) is 1.82. The van der Waals surface area contributed by atoms with Crippen LogP contribution in [0.4, 0.5) is 0 Å². The van der Waals surface area contributed by atoms with Gasteiger partial charge in [-0.2, -0.15) is 0 Å². The molecule has 144 valence electrons. The number of unbranched alkanes of at least 4 members (excludes halogenated alkanes) is 1. The number of nitrogens with zero attached hydrogens (tertiary/aromatic N) is 4. The lowest BCUT2D eigenvalue weighted by Crippen LogP contribution is -2.16. The highest BCUT2D eigenvalue weighted by molar-refractivity contribution is 7.99. The number of thioether (sulfide) groups is 1. The molecule has 2 aromatic heterocycles. The fourth-order valence-electron chi connectivity index (χ4n) is 2.98. The lowest BCUT2D eigenvalue weighted by atomic mass is 10.3. The maximum absolute atomic E-state index is 12.6. The molecule has 0 aliphatic carbocycles. The van der Waals surface area contributed by atoms with Crippen molar-refractivity contribution in [3.05, 3.63) is 69.0 Å². The first-order valence-corrected chi connectivity index (χ1v) is 11.3. The van der Waals surface area contributed by atoms with E-state index in [0.29, 0.717) is 17.4 Å². The smallest absolute Gasteiger partial charge is 0.291 e. The molecule has 0 aliphatic rings. The minimum Gasteiger partial charge on any atom is -0.291 e. The lowest BCUT2D eigenvalue weighted by molar-refractivity contribution is 0.725. The summed E-state index contributed by atoms with van der Waals surface area (Å²) in [6, 6.07) is 15.4. The van der Waals surface area contributed by atoms with Crippen LogP contribution in [0.15, 0.2) is 58.5 Å². The fourth-order valence-corrected chi connectivity index (χ4v) is 5.11. The van der Waals surface area contributed by atoms with Crippen LogP contribution < -0.4 is 4.87 Å². The summed E-state index contributed by atoms with van der Waals surface area (Å²) in [6.45, 7) is 2.53. The molecule has 4 rings (SSSR count). The number of rotatable bonds is 7. The highest BCUT2D eigenvalue weighted by Crippen LogP contribution is 2.26. The zero-order chi connectivity index (χ0) is 19.5. The monoisotopic (exact) mass is 430 g/mol. The Labute approximate surface area is 176 Å². The summed E-state index contributed by atoms with van der Waals surface area (Å²) >= 11 is 9.15. The van der Waals surface area contributed by atoms with Gasteiger partial charge in [0.2, 0.25) is 0 Å². The first kappa shape index (κ1) is 19.2. The largest absolute Gasteiger partial charge is 0.308 e. The second-order valence-electron chi connectivity index (χ2n) is 6.34. The molecule has 0 unspecified atom stereocenters. The van der Waals surface area contributed by atoms with Gasteiger partial charge < -0.3 is 0 Å². The zero-order valence-electron chi connectivity index (χ0n) is 15.3. The quantitative estimate of drug-likeness (QED) is 0.297. The number of benzene rings is 2. The van der Waals surface area contributed by atoms with E-state index in [0.717, 1.165) is 39.7 Å². The van der Waals surface area contributed by atoms with E-state index >= 15 is 0 Å². The second kappa shape index (κ2) is 8.51. The number of hydrogen-bond acceptors (Lipinski definition) is 5. The first-order chi connectivity index (χ1) is 13.7. The van der Waals surface area contributed by atoms with E-state index in [-0.39, 0.29) is 4.87 Å². The topological polar surface area (TPSA) is 52.7 Å². The summed E-state index contributed by atoms with van der Waals surface area (Å²) in [5.74, 6) is 1.68. The molecule has 0 radical (unpaired) electrons. The van der Waals surface area contributed by atoms with Gasteiger partial charge in [-0.05, 0) is 36.8 Å². The van der Waals surface area contributed by atoms with Crippen molar-refractivity contribution in [1.29, 1.82) is 0 Å². The van der Waals surface area contributed by atoms with Crippen LogP contribution in [0, 0.1) is 0 Å². The maximum Gasteiger partial charge on any atom is 0.308 e. The Bertz CT molecular complexity index is 1160. The van der Waals surface area contributed by atoms with E-state index in [9.17, 15) is 4.79 Å². The van der Waals surface area contributed by atoms with Crippen LogP contribution >= 0.6 is 34.7 Å². The normalized spacial score (nSPS) is 11.4. The SMILES string of the molecule is CCCCSc1nnc(Cn2c(=O)sc3ccccc32)n1-c1cccc(Cl)c1. The molecule has 0 aliphatic heterocycles. The third-order valence-corrected chi connectivity index (χ3v) is 6.58. The van der Waals surface area contributed by atoms with Crippen molar-refractivity contribution in [2.45, 2.75) is 31.5 Å². The molecule has 2 heterocycles. The van der Waals surface area contributed by atoms with Gasteiger partial charge in [0.15, 0.2) is 11.0 Å². The van der Waals surface area contributed by atoms with Crippen molar-refractivity contribution in [2.24, 2.45) is 0 Å². The summed E-state index contributed by atoms with van der Waals surface area (Å²) in [6.07, 6.45) is 2.23. The highest BCUT2D eigenvalue weighted by Gasteiger charge is 2.17. The van der Waals surface area contributed by atoms with E-state index in [1.165, 1.54) is 11.3 Å². The predicted octanol–water partition coefficient (Wildman–Crippen LogP) is 5.24. The zero-order valence-corrected chi connectivity index (χ0v) is 17.7. The van der Waals surface area contributed by atoms with Crippen LogP contribution in [-0.4, -0.2) is 25.1 Å². The van der Waals surface area contributed by atoms with Gasteiger partial charge in [0, 0.05) is 10.8 Å². The van der Waals surface area contributed by atoms with Gasteiger partial charge in [0.25, 0.3) is 0 Å². The van der Waals surface area contributed by atoms with Crippen molar-refractivity contribution >= 4 is 44.9 Å². The molecule has 28 heavy (non-hydrogen) atoms. The molecule has 0 bridgehead atoms. The standard InChI is InChI=1S/C20H19ClN4OS2/c1-2-3-11-27-19-23-22-18(25(19)15-8-6-7-14(21)12-15)13-24-16-9-4-5-10-17(16)28-20(24)26/h4-10,12H,2-3,11,13H2,1H3. The van der Waals surface area contributed by atoms with E-state index in [4.69, 9.17) is 11.6 Å². The van der Waals surface area contributed by atoms with Gasteiger partial charge >= 0.3 is 4.87 Å². The molecule has 4 aromatic rings. The molecular weight excluding hydrogens is 412 g/mol. The Hall–Kier alpha value is -2.09. The van der Waals surface area contributed by atoms with Crippen LogP contribution in [0.3, 0.4) is 0 Å². The molecule has 0 fully saturated rings. The molecule has 0 saturated heterocycles. The first-order valence-electron chi connectivity index (χ1n) is 9.09. The summed E-state index contributed by atoms with van der Waals surface area (Å²) in [5, 5.41) is 10.3. The molecule has 5 nitrogen and oxygen atoms in total. The van der Waals surface area contributed by atoms with Gasteiger partial charge in [0.1, 0.15) is 0 Å². The Morgan fingerprint density at radius 2 is 2.00 bits per heavy atom. The average molecular weight is 431 g/mol. The molecule has 0 atom stereocenters. The lowest BCUT2D eigenvalue weighted by Gasteiger charge is -2.11. The van der Waals surface area contributed by atoms with E-state index in [1.54, 1.807) is 16.3 Å². The van der Waals surface area contributed by atoms with E-state index in [1.807, 2.05) is 53.1 Å². The minimum atomic E-state index is 0.00188. The number of thiazole rings is 1. The van der Waals surface area contributed by atoms with Crippen molar-refractivity contribution in [3.63, 3.8) is 0 Å². The molecule has 8 heteroatoms. The molecule has 0 spiro atoms. The van der Waals surface area contributed by atoms with Crippen molar-refractivity contribution in [2.75, 3.05) is 5.75 Å². The Morgan fingerprint density at radius 3 is 2.82 bits per heavy atom. The third kappa shape index (κ3) is 3.87. The molecule has 0 N–H and O–H groups in total. The molecule has 2 aromatic carbocycles. The van der Waals surface area contributed by atoms with Gasteiger partial charge in [-0.15, -0.1) is 10.2 Å². The minimum absolute atomic E-state index is 0.00188. The highest BCUT2D eigenvalue weighted by atomic mass is 35.5. The van der Waals surface area contributed by atoms with Gasteiger partial charge in [-0.25, -0.2) is 0 Å². The van der Waals surface area contributed by atoms with E-state index in [2.05, 4.69) is 17.1 Å². The summed E-state index contributed by atoms with van der Waals surface area (Å²) in [7, 11) is 0. The number of halogens is 1. The Morgan fingerprint density at radius 1 is 1.14 bits per heavy atom. The van der Waals surface area contributed by atoms with Gasteiger partial charge in [0.05, 0.1) is 22.4 Å². The maximum atomic E-state index is 12.6. The Balaban J connectivity index is 1.78. The number of fused-ring (bicyclic) bond motifs is 1. The molecule has 0 amide bonds. The number of para-hydroxylation sites is 1. The van der Waals surface area contributed by atoms with E-state index < -0.39 is 0 Å². The van der Waals surface area contributed by atoms with Crippen LogP contribution in [0.5, 0.6) is 0 Å². The van der Waals surface area contributed by atoms with Crippen molar-refractivity contribution < 1.29 is 0 Å². The number of hydrogen-bond donors (Lipinski definition) is 0. The average Bonchev–Trinajstić information content (AvgIpc) is 3.23. The third-order valence-electron chi connectivity index (χ3n) is 4.37. The van der Waals surface area contributed by atoms with Crippen LogP contribution in [0.2, 0.25) is 5.02 Å². The van der Waals surface area contributed by atoms with Crippen LogP contribution in [-0.2, 0) is 6.54 Å². The van der Waals surface area contributed by atoms with Gasteiger partial charge in [-0.1, -0.05) is 66.2 Å². The fraction of sp³-hybridized carbons (Fsp3) is 0.250.